The number of halogens is 1. The van der Waals surface area contributed by atoms with Crippen LogP contribution in [0.15, 0.2) is 11.6 Å². The Morgan fingerprint density at radius 2 is 1.80 bits per heavy atom. The molecule has 88 valence electrons. The minimum atomic E-state index is 0.758. The Bertz CT molecular complexity index is 200. The average molecular weight is 231 g/mol. The molecule has 1 aliphatic heterocycles. The molecule has 0 saturated carbocycles. The quantitative estimate of drug-likeness (QED) is 0.540. The van der Waals surface area contributed by atoms with Gasteiger partial charge in [0.1, 0.15) is 0 Å². The minimum absolute atomic E-state index is 0.758. The lowest BCUT2D eigenvalue weighted by atomic mass is 10.3. The van der Waals surface area contributed by atoms with E-state index in [1.807, 2.05) is 0 Å². The molecule has 0 amide bonds. The number of hydrogen-bond acceptors (Lipinski definition) is 2. The molecule has 3 heteroatoms. The van der Waals surface area contributed by atoms with Crippen LogP contribution >= 0.6 is 11.6 Å². The normalized spacial score (nSPS) is 19.9. The number of alkyl halides is 1. The van der Waals surface area contributed by atoms with Gasteiger partial charge in [0, 0.05) is 32.1 Å². The van der Waals surface area contributed by atoms with Crippen molar-refractivity contribution in [2.45, 2.75) is 20.3 Å². The lowest BCUT2D eigenvalue weighted by molar-refractivity contribution is 0.279. The average Bonchev–Trinajstić information content (AvgIpc) is 2.41. The molecule has 1 fully saturated rings. The molecule has 1 heterocycles. The van der Waals surface area contributed by atoms with Crippen LogP contribution in [0.5, 0.6) is 0 Å². The first-order valence-corrected chi connectivity index (χ1v) is 6.40. The number of rotatable bonds is 4. The zero-order valence-corrected chi connectivity index (χ0v) is 10.8. The lowest BCUT2D eigenvalue weighted by Gasteiger charge is -2.20. The Morgan fingerprint density at radius 1 is 1.13 bits per heavy atom. The van der Waals surface area contributed by atoms with Gasteiger partial charge in [0.25, 0.3) is 0 Å². The van der Waals surface area contributed by atoms with Crippen molar-refractivity contribution in [1.82, 2.24) is 9.80 Å². The van der Waals surface area contributed by atoms with Crippen molar-refractivity contribution in [2.24, 2.45) is 0 Å². The van der Waals surface area contributed by atoms with Crippen molar-refractivity contribution in [3.05, 3.63) is 11.6 Å². The molecule has 0 bridgehead atoms. The summed E-state index contributed by atoms with van der Waals surface area (Å²) in [5.41, 5.74) is 1.41. The Balaban J connectivity index is 2.29. The highest BCUT2D eigenvalue weighted by molar-refractivity contribution is 6.18. The first-order valence-electron chi connectivity index (χ1n) is 5.86. The molecular weight excluding hydrogens is 208 g/mol. The SMILES string of the molecule is CC(C)=CCN1CCCN(CCCl)CC1. The van der Waals surface area contributed by atoms with E-state index in [4.69, 9.17) is 11.6 Å². The van der Waals surface area contributed by atoms with Gasteiger partial charge in [-0.1, -0.05) is 11.6 Å². The van der Waals surface area contributed by atoms with Crippen LogP contribution in [-0.4, -0.2) is 54.9 Å². The maximum absolute atomic E-state index is 5.76. The molecule has 0 aromatic rings. The highest BCUT2D eigenvalue weighted by Crippen LogP contribution is 2.04. The van der Waals surface area contributed by atoms with Gasteiger partial charge in [-0.15, -0.1) is 11.6 Å². The fourth-order valence-corrected chi connectivity index (χ4v) is 2.10. The highest BCUT2D eigenvalue weighted by atomic mass is 35.5. The van der Waals surface area contributed by atoms with E-state index in [-0.39, 0.29) is 0 Å². The fourth-order valence-electron chi connectivity index (χ4n) is 1.86. The van der Waals surface area contributed by atoms with Crippen LogP contribution in [0.25, 0.3) is 0 Å². The summed E-state index contributed by atoms with van der Waals surface area (Å²) >= 11 is 5.76. The van der Waals surface area contributed by atoms with E-state index in [1.54, 1.807) is 0 Å². The highest BCUT2D eigenvalue weighted by Gasteiger charge is 2.12. The topological polar surface area (TPSA) is 6.48 Å². The van der Waals surface area contributed by atoms with Crippen molar-refractivity contribution in [3.8, 4) is 0 Å². The smallest absolute Gasteiger partial charge is 0.0351 e. The van der Waals surface area contributed by atoms with Gasteiger partial charge in [-0.05, 0) is 33.4 Å². The second-order valence-corrected chi connectivity index (χ2v) is 4.84. The first-order chi connectivity index (χ1) is 7.22. The molecule has 0 aliphatic carbocycles. The van der Waals surface area contributed by atoms with E-state index >= 15 is 0 Å². The second kappa shape index (κ2) is 7.26. The minimum Gasteiger partial charge on any atom is -0.301 e. The zero-order valence-electron chi connectivity index (χ0n) is 10.0. The number of nitrogens with zero attached hydrogens (tertiary/aromatic N) is 2. The molecule has 0 spiro atoms. The molecule has 1 aliphatic rings. The van der Waals surface area contributed by atoms with Crippen molar-refractivity contribution in [2.75, 3.05) is 45.1 Å². The maximum atomic E-state index is 5.76. The Kier molecular flexibility index (Phi) is 6.30. The van der Waals surface area contributed by atoms with Crippen LogP contribution in [-0.2, 0) is 0 Å². The predicted octanol–water partition coefficient (Wildman–Crippen LogP) is 2.20. The lowest BCUT2D eigenvalue weighted by Crippen LogP contribution is -2.32. The van der Waals surface area contributed by atoms with Gasteiger partial charge >= 0.3 is 0 Å². The fraction of sp³-hybridized carbons (Fsp3) is 0.833. The van der Waals surface area contributed by atoms with E-state index in [0.717, 1.165) is 19.0 Å². The third-order valence-corrected chi connectivity index (χ3v) is 3.01. The molecule has 0 unspecified atom stereocenters. The summed E-state index contributed by atoms with van der Waals surface area (Å²) in [7, 11) is 0. The summed E-state index contributed by atoms with van der Waals surface area (Å²) in [5.74, 6) is 0.758. The Labute approximate surface area is 98.9 Å². The number of hydrogen-bond donors (Lipinski definition) is 0. The maximum Gasteiger partial charge on any atom is 0.0351 e. The summed E-state index contributed by atoms with van der Waals surface area (Å²) in [6.45, 7) is 11.3. The molecule has 0 radical (unpaired) electrons. The van der Waals surface area contributed by atoms with E-state index in [0.29, 0.717) is 0 Å². The van der Waals surface area contributed by atoms with Gasteiger partial charge in [-0.25, -0.2) is 0 Å². The van der Waals surface area contributed by atoms with Crippen LogP contribution in [0.3, 0.4) is 0 Å². The summed E-state index contributed by atoms with van der Waals surface area (Å²) in [6, 6.07) is 0. The zero-order chi connectivity index (χ0) is 11.1. The number of allylic oxidation sites excluding steroid dienone is 1. The summed E-state index contributed by atoms with van der Waals surface area (Å²) in [5, 5.41) is 0. The second-order valence-electron chi connectivity index (χ2n) is 4.47. The van der Waals surface area contributed by atoms with E-state index < -0.39 is 0 Å². The molecule has 0 N–H and O–H groups in total. The standard InChI is InChI=1S/C12H23ClN2/c1-12(2)4-8-14-6-3-7-15(9-5-13)11-10-14/h4H,3,5-11H2,1-2H3. The molecule has 0 aromatic heterocycles. The molecular formula is C12H23ClN2. The first kappa shape index (κ1) is 13.0. The summed E-state index contributed by atoms with van der Waals surface area (Å²) < 4.78 is 0. The molecule has 0 aromatic carbocycles. The van der Waals surface area contributed by atoms with E-state index in [2.05, 4.69) is 29.7 Å². The summed E-state index contributed by atoms with van der Waals surface area (Å²) in [6.07, 6.45) is 3.59. The molecule has 0 atom stereocenters. The molecule has 2 nitrogen and oxygen atoms in total. The van der Waals surface area contributed by atoms with Gasteiger partial charge in [0.15, 0.2) is 0 Å². The van der Waals surface area contributed by atoms with E-state index in [1.165, 1.54) is 38.2 Å². The molecule has 1 rings (SSSR count). The van der Waals surface area contributed by atoms with Crippen molar-refractivity contribution in [1.29, 1.82) is 0 Å². The third-order valence-electron chi connectivity index (χ3n) is 2.84. The van der Waals surface area contributed by atoms with Gasteiger partial charge in [-0.2, -0.15) is 0 Å². The van der Waals surface area contributed by atoms with Crippen molar-refractivity contribution in [3.63, 3.8) is 0 Å². The predicted molar refractivity (Wildman–Crippen MR) is 67.6 cm³/mol. The van der Waals surface area contributed by atoms with Crippen LogP contribution in [0, 0.1) is 0 Å². The third kappa shape index (κ3) is 5.55. The van der Waals surface area contributed by atoms with Crippen LogP contribution in [0.2, 0.25) is 0 Å². The van der Waals surface area contributed by atoms with Gasteiger partial charge in [-0.3, -0.25) is 4.90 Å². The van der Waals surface area contributed by atoms with E-state index in [9.17, 15) is 0 Å². The van der Waals surface area contributed by atoms with Gasteiger partial charge in [0.2, 0.25) is 0 Å². The summed E-state index contributed by atoms with van der Waals surface area (Å²) in [4.78, 5) is 5.00. The Morgan fingerprint density at radius 3 is 2.47 bits per heavy atom. The monoisotopic (exact) mass is 230 g/mol. The van der Waals surface area contributed by atoms with Crippen LogP contribution < -0.4 is 0 Å². The van der Waals surface area contributed by atoms with Gasteiger partial charge in [0.05, 0.1) is 0 Å². The molecule has 1 saturated heterocycles. The van der Waals surface area contributed by atoms with Gasteiger partial charge < -0.3 is 4.90 Å². The molecule has 15 heavy (non-hydrogen) atoms. The van der Waals surface area contributed by atoms with Crippen LogP contribution in [0.1, 0.15) is 20.3 Å². The van der Waals surface area contributed by atoms with Crippen LogP contribution in [0.4, 0.5) is 0 Å². The largest absolute Gasteiger partial charge is 0.301 e. The van der Waals surface area contributed by atoms with Crippen molar-refractivity contribution < 1.29 is 0 Å². The Hall–Kier alpha value is -0.0500. The van der Waals surface area contributed by atoms with Crippen molar-refractivity contribution >= 4 is 11.6 Å².